The van der Waals surface area contributed by atoms with E-state index in [1.54, 1.807) is 24.1 Å². The van der Waals surface area contributed by atoms with Crippen LogP contribution < -0.4 is 25.2 Å². The van der Waals surface area contributed by atoms with E-state index in [9.17, 15) is 9.59 Å². The van der Waals surface area contributed by atoms with Crippen LogP contribution in [-0.4, -0.2) is 78.3 Å². The molecular formula is C32H45N7O4. The molecule has 0 bridgehead atoms. The van der Waals surface area contributed by atoms with Crippen molar-refractivity contribution in [1.29, 1.82) is 0 Å². The van der Waals surface area contributed by atoms with E-state index < -0.39 is 5.60 Å². The number of anilines is 4. The highest BCUT2D eigenvalue weighted by molar-refractivity contribution is 5.95. The van der Waals surface area contributed by atoms with Crippen LogP contribution in [0.3, 0.4) is 0 Å². The van der Waals surface area contributed by atoms with Crippen molar-refractivity contribution in [1.82, 2.24) is 20.2 Å². The zero-order valence-electron chi connectivity index (χ0n) is 26.1. The van der Waals surface area contributed by atoms with Gasteiger partial charge < -0.3 is 34.8 Å². The van der Waals surface area contributed by atoms with E-state index in [-0.39, 0.29) is 18.0 Å². The molecule has 2 amide bonds. The van der Waals surface area contributed by atoms with Crippen molar-refractivity contribution < 1.29 is 19.1 Å². The number of likely N-dealkylation sites (tertiary alicyclic amines) is 1. The summed E-state index contributed by atoms with van der Waals surface area (Å²) in [5.74, 6) is 1.72. The summed E-state index contributed by atoms with van der Waals surface area (Å²) in [6.45, 7) is 11.8. The van der Waals surface area contributed by atoms with E-state index in [0.717, 1.165) is 30.2 Å². The molecule has 1 aliphatic carbocycles. The van der Waals surface area contributed by atoms with E-state index in [1.165, 1.54) is 25.7 Å². The van der Waals surface area contributed by atoms with Gasteiger partial charge in [0.25, 0.3) is 5.91 Å². The third-order valence-electron chi connectivity index (χ3n) is 8.46. The third-order valence-corrected chi connectivity index (χ3v) is 8.46. The summed E-state index contributed by atoms with van der Waals surface area (Å²) in [6.07, 6.45) is 8.57. The molecule has 11 heteroatoms. The second kappa shape index (κ2) is 12.7. The van der Waals surface area contributed by atoms with Crippen LogP contribution in [0.5, 0.6) is 5.75 Å². The summed E-state index contributed by atoms with van der Waals surface area (Å²) in [5.41, 5.74) is 2.64. The van der Waals surface area contributed by atoms with Gasteiger partial charge in [-0.1, -0.05) is 19.4 Å². The van der Waals surface area contributed by atoms with Crippen LogP contribution in [0, 0.1) is 0 Å². The number of carbonyl (C=O) groups is 2. The molecule has 3 aliphatic rings. The first-order chi connectivity index (χ1) is 20.5. The largest absolute Gasteiger partial charge is 0.495 e. The van der Waals surface area contributed by atoms with E-state index in [0.29, 0.717) is 54.9 Å². The summed E-state index contributed by atoms with van der Waals surface area (Å²) in [6, 6.07) is 5.75. The average molecular weight is 592 g/mol. The highest BCUT2D eigenvalue weighted by Crippen LogP contribution is 2.38. The number of carbonyl (C=O) groups excluding carboxylic acids is 2. The lowest BCUT2D eigenvalue weighted by atomic mass is 10.0. The number of aromatic nitrogens is 2. The molecule has 232 valence electrons. The number of amides is 2. The SMILES string of the molecule is C=C1CCN(C2CCCC2)c2nc(Nc3ccc(C(=O)NC4CCN(C(=O)OC(C)(C)C)CC4)cc3OC)ncc2N1C. The van der Waals surface area contributed by atoms with Crippen molar-refractivity contribution >= 4 is 35.1 Å². The second-order valence-corrected chi connectivity index (χ2v) is 12.7. The fourth-order valence-corrected chi connectivity index (χ4v) is 6.00. The lowest BCUT2D eigenvalue weighted by molar-refractivity contribution is 0.0199. The van der Waals surface area contributed by atoms with Gasteiger partial charge in [-0.25, -0.2) is 9.78 Å². The predicted octanol–water partition coefficient (Wildman–Crippen LogP) is 5.46. The Morgan fingerprint density at radius 1 is 1.07 bits per heavy atom. The summed E-state index contributed by atoms with van der Waals surface area (Å²) in [7, 11) is 3.60. The Morgan fingerprint density at radius 2 is 1.79 bits per heavy atom. The normalized spacial score (nSPS) is 18.3. The van der Waals surface area contributed by atoms with Crippen LogP contribution in [0.25, 0.3) is 0 Å². The Labute approximate surface area is 254 Å². The number of methoxy groups -OCH3 is 1. The quantitative estimate of drug-likeness (QED) is 0.452. The first-order valence-electron chi connectivity index (χ1n) is 15.3. The minimum Gasteiger partial charge on any atom is -0.495 e. The molecule has 11 nitrogen and oxygen atoms in total. The van der Waals surface area contributed by atoms with Gasteiger partial charge in [-0.2, -0.15) is 4.98 Å². The molecule has 3 heterocycles. The Morgan fingerprint density at radius 3 is 2.47 bits per heavy atom. The van der Waals surface area contributed by atoms with Gasteiger partial charge in [-0.3, -0.25) is 4.79 Å². The highest BCUT2D eigenvalue weighted by Gasteiger charge is 2.31. The smallest absolute Gasteiger partial charge is 0.410 e. The Kier molecular flexibility index (Phi) is 8.98. The van der Waals surface area contributed by atoms with Crippen molar-refractivity contribution in [2.45, 2.75) is 83.4 Å². The third kappa shape index (κ3) is 7.14. The summed E-state index contributed by atoms with van der Waals surface area (Å²) < 4.78 is 11.1. The van der Waals surface area contributed by atoms with Crippen molar-refractivity contribution in [3.8, 4) is 5.75 Å². The number of hydrogen-bond acceptors (Lipinski definition) is 9. The predicted molar refractivity (Wildman–Crippen MR) is 168 cm³/mol. The van der Waals surface area contributed by atoms with Crippen LogP contribution in [0.1, 0.15) is 76.1 Å². The Bertz CT molecular complexity index is 1340. The van der Waals surface area contributed by atoms with E-state index in [1.807, 2.05) is 40.1 Å². The van der Waals surface area contributed by atoms with Crippen LogP contribution >= 0.6 is 0 Å². The highest BCUT2D eigenvalue weighted by atomic mass is 16.6. The van der Waals surface area contributed by atoms with Crippen LogP contribution in [0.15, 0.2) is 36.7 Å². The van der Waals surface area contributed by atoms with Gasteiger partial charge >= 0.3 is 6.09 Å². The molecule has 1 aromatic carbocycles. The van der Waals surface area contributed by atoms with Gasteiger partial charge in [0.05, 0.1) is 19.0 Å². The number of ether oxygens (including phenoxy) is 2. The molecule has 0 spiro atoms. The van der Waals surface area contributed by atoms with Gasteiger partial charge in [0.15, 0.2) is 5.82 Å². The fourth-order valence-electron chi connectivity index (χ4n) is 6.00. The topological polar surface area (TPSA) is 112 Å². The average Bonchev–Trinajstić information content (AvgIpc) is 3.47. The minimum absolute atomic E-state index is 0.0278. The van der Waals surface area contributed by atoms with E-state index in [2.05, 4.69) is 32.0 Å². The summed E-state index contributed by atoms with van der Waals surface area (Å²) in [5, 5.41) is 6.42. The molecule has 1 aromatic heterocycles. The Balaban J connectivity index is 1.26. The number of hydrogen-bond donors (Lipinski definition) is 2. The fraction of sp³-hybridized carbons (Fsp3) is 0.562. The number of rotatable bonds is 6. The van der Waals surface area contributed by atoms with Gasteiger partial charge in [-0.15, -0.1) is 0 Å². The minimum atomic E-state index is -0.532. The molecule has 1 saturated carbocycles. The number of benzene rings is 1. The maximum absolute atomic E-state index is 13.1. The Hall–Kier alpha value is -4.02. The van der Waals surface area contributed by atoms with Crippen molar-refractivity contribution in [2.24, 2.45) is 0 Å². The number of piperidine rings is 1. The molecule has 43 heavy (non-hydrogen) atoms. The summed E-state index contributed by atoms with van der Waals surface area (Å²) in [4.78, 5) is 41.3. The summed E-state index contributed by atoms with van der Waals surface area (Å²) >= 11 is 0. The first kappa shape index (κ1) is 30.4. The molecule has 0 radical (unpaired) electrons. The number of nitrogens with zero attached hydrogens (tertiary/aromatic N) is 5. The van der Waals surface area contributed by atoms with Gasteiger partial charge in [0.2, 0.25) is 5.95 Å². The van der Waals surface area contributed by atoms with Crippen LogP contribution in [0.2, 0.25) is 0 Å². The first-order valence-corrected chi connectivity index (χ1v) is 15.3. The maximum atomic E-state index is 13.1. The molecule has 2 N–H and O–H groups in total. The molecule has 5 rings (SSSR count). The molecule has 0 unspecified atom stereocenters. The van der Waals surface area contributed by atoms with Gasteiger partial charge in [0.1, 0.15) is 17.0 Å². The monoisotopic (exact) mass is 591 g/mol. The van der Waals surface area contributed by atoms with Gasteiger partial charge in [-0.05, 0) is 64.7 Å². The lowest BCUT2D eigenvalue weighted by Crippen LogP contribution is -2.47. The molecular weight excluding hydrogens is 546 g/mol. The molecule has 2 aromatic rings. The van der Waals surface area contributed by atoms with Crippen molar-refractivity contribution in [3.63, 3.8) is 0 Å². The second-order valence-electron chi connectivity index (χ2n) is 12.7. The van der Waals surface area contributed by atoms with Crippen molar-refractivity contribution in [3.05, 3.63) is 42.2 Å². The lowest BCUT2D eigenvalue weighted by Gasteiger charge is -2.33. The van der Waals surface area contributed by atoms with Crippen LogP contribution in [0.4, 0.5) is 27.9 Å². The number of fused-ring (bicyclic) bond motifs is 1. The molecule has 2 fully saturated rings. The van der Waals surface area contributed by atoms with Gasteiger partial charge in [0, 0.05) is 56.4 Å². The molecule has 2 aliphatic heterocycles. The standard InChI is InChI=1S/C32H45N7O4/c1-21-13-18-39(24-9-7-8-10-24)28-26(37(21)5)20-33-30(36-28)35-25-12-11-22(19-27(25)42-6)29(40)34-23-14-16-38(17-15-23)31(41)43-32(2,3)4/h11-12,19-20,23-24H,1,7-10,13-18H2,2-6H3,(H,34,40)(H,33,35,36). The zero-order chi connectivity index (χ0) is 30.7. The number of nitrogens with one attached hydrogen (secondary N) is 2. The van der Waals surface area contributed by atoms with E-state index >= 15 is 0 Å². The zero-order valence-corrected chi connectivity index (χ0v) is 26.1. The molecule has 0 atom stereocenters. The van der Waals surface area contributed by atoms with Crippen LogP contribution in [-0.2, 0) is 4.74 Å². The van der Waals surface area contributed by atoms with E-state index in [4.69, 9.17) is 14.5 Å². The molecule has 1 saturated heterocycles. The van der Waals surface area contributed by atoms with Crippen molar-refractivity contribution in [2.75, 3.05) is 48.9 Å². The maximum Gasteiger partial charge on any atom is 0.410 e.